The number of carbonyl (C=O) groups excluding carboxylic acids is 1. The first-order valence-corrected chi connectivity index (χ1v) is 6.10. The van der Waals surface area contributed by atoms with Gasteiger partial charge < -0.3 is 15.8 Å². The van der Waals surface area contributed by atoms with Crippen LogP contribution < -0.4 is 15.8 Å². The van der Waals surface area contributed by atoms with E-state index in [0.717, 1.165) is 5.69 Å². The molecule has 0 atom stereocenters. The molecule has 0 bridgehead atoms. The lowest BCUT2D eigenvalue weighted by atomic mass is 10.1. The van der Waals surface area contributed by atoms with Gasteiger partial charge in [0.1, 0.15) is 11.6 Å². The Bertz CT molecular complexity index is 628. The largest absolute Gasteiger partial charge is 0.497 e. The van der Waals surface area contributed by atoms with Crippen molar-refractivity contribution in [1.29, 1.82) is 0 Å². The van der Waals surface area contributed by atoms with Crippen molar-refractivity contribution >= 4 is 11.6 Å². The molecular formula is C14H16N4O2. The quantitative estimate of drug-likeness (QED) is 0.819. The molecule has 0 saturated carbocycles. The number of nitrogens with zero attached hydrogens (tertiary/aromatic N) is 2. The van der Waals surface area contributed by atoms with Gasteiger partial charge in [0.25, 0.3) is 5.91 Å². The Kier molecular flexibility index (Phi) is 4.14. The first-order valence-electron chi connectivity index (χ1n) is 6.10. The minimum atomic E-state index is -0.230. The van der Waals surface area contributed by atoms with Gasteiger partial charge in [0.2, 0.25) is 0 Å². The van der Waals surface area contributed by atoms with Crippen molar-refractivity contribution in [2.75, 3.05) is 12.8 Å². The van der Waals surface area contributed by atoms with Crippen LogP contribution in [0.1, 0.15) is 21.9 Å². The first kappa shape index (κ1) is 13.8. The molecule has 2 rings (SSSR count). The van der Waals surface area contributed by atoms with Crippen LogP contribution in [0.3, 0.4) is 0 Å². The summed E-state index contributed by atoms with van der Waals surface area (Å²) >= 11 is 0. The van der Waals surface area contributed by atoms with Gasteiger partial charge in [0.15, 0.2) is 0 Å². The number of ether oxygens (including phenoxy) is 1. The van der Waals surface area contributed by atoms with Crippen LogP contribution in [0.5, 0.6) is 5.75 Å². The molecule has 20 heavy (non-hydrogen) atoms. The van der Waals surface area contributed by atoms with Crippen molar-refractivity contribution < 1.29 is 9.53 Å². The summed E-state index contributed by atoms with van der Waals surface area (Å²) in [6, 6.07) is 6.65. The molecule has 0 aliphatic carbocycles. The smallest absolute Gasteiger partial charge is 0.251 e. The summed E-state index contributed by atoms with van der Waals surface area (Å²) in [6.45, 7) is 2.13. The number of methoxy groups -OCH3 is 1. The van der Waals surface area contributed by atoms with Gasteiger partial charge in [-0.3, -0.25) is 4.79 Å². The fourth-order valence-electron chi connectivity index (χ4n) is 1.75. The van der Waals surface area contributed by atoms with Crippen LogP contribution in [0.25, 0.3) is 0 Å². The second-order valence-corrected chi connectivity index (χ2v) is 4.27. The third-order valence-electron chi connectivity index (χ3n) is 2.69. The summed E-state index contributed by atoms with van der Waals surface area (Å²) in [6.07, 6.45) is 1.66. The van der Waals surface area contributed by atoms with E-state index in [2.05, 4.69) is 15.3 Å². The lowest BCUT2D eigenvalue weighted by Crippen LogP contribution is -2.23. The number of benzene rings is 1. The number of anilines is 1. The monoisotopic (exact) mass is 272 g/mol. The maximum atomic E-state index is 12.1. The number of amides is 1. The summed E-state index contributed by atoms with van der Waals surface area (Å²) in [7, 11) is 1.53. The molecule has 6 nitrogen and oxygen atoms in total. The maximum Gasteiger partial charge on any atom is 0.251 e. The van der Waals surface area contributed by atoms with Crippen LogP contribution in [-0.4, -0.2) is 23.0 Å². The molecule has 0 unspecified atom stereocenters. The molecule has 3 N–H and O–H groups in total. The topological polar surface area (TPSA) is 90.1 Å². The third kappa shape index (κ3) is 3.44. The highest BCUT2D eigenvalue weighted by molar-refractivity contribution is 5.95. The second kappa shape index (κ2) is 6.01. The van der Waals surface area contributed by atoms with Gasteiger partial charge in [-0.2, -0.15) is 0 Å². The van der Waals surface area contributed by atoms with Crippen LogP contribution in [0.2, 0.25) is 0 Å². The molecule has 1 amide bonds. The Morgan fingerprint density at radius 3 is 2.90 bits per heavy atom. The first-order chi connectivity index (χ1) is 9.58. The lowest BCUT2D eigenvalue weighted by Gasteiger charge is -2.08. The van der Waals surface area contributed by atoms with Crippen molar-refractivity contribution in [3.8, 4) is 5.75 Å². The lowest BCUT2D eigenvalue weighted by molar-refractivity contribution is 0.0950. The predicted octanol–water partition coefficient (Wildman–Crippen LogP) is 1.31. The van der Waals surface area contributed by atoms with Gasteiger partial charge in [0, 0.05) is 23.5 Å². The van der Waals surface area contributed by atoms with Crippen molar-refractivity contribution in [2.24, 2.45) is 0 Å². The Morgan fingerprint density at radius 2 is 2.20 bits per heavy atom. The molecule has 0 fully saturated rings. The van der Waals surface area contributed by atoms with E-state index < -0.39 is 0 Å². The Balaban J connectivity index is 2.07. The molecular weight excluding hydrogens is 256 g/mol. The molecule has 104 valence electrons. The van der Waals surface area contributed by atoms with Crippen molar-refractivity contribution in [3.63, 3.8) is 0 Å². The van der Waals surface area contributed by atoms with Gasteiger partial charge in [-0.15, -0.1) is 0 Å². The zero-order valence-electron chi connectivity index (χ0n) is 11.4. The molecule has 0 aliphatic heterocycles. The molecule has 0 saturated heterocycles. The van der Waals surface area contributed by atoms with Gasteiger partial charge in [-0.05, 0) is 25.1 Å². The Labute approximate surface area is 117 Å². The predicted molar refractivity (Wildman–Crippen MR) is 75.3 cm³/mol. The van der Waals surface area contributed by atoms with Gasteiger partial charge in [0.05, 0.1) is 19.3 Å². The van der Waals surface area contributed by atoms with Crippen LogP contribution in [-0.2, 0) is 6.54 Å². The standard InChI is InChI=1S/C14H16N4O2/c1-9-16-4-3-12(18-9)8-17-14(19)10-5-11(15)7-13(6-10)20-2/h3-7H,8,15H2,1-2H3,(H,17,19). The minimum Gasteiger partial charge on any atom is -0.497 e. The van der Waals surface area contributed by atoms with Crippen molar-refractivity contribution in [2.45, 2.75) is 13.5 Å². The second-order valence-electron chi connectivity index (χ2n) is 4.27. The Morgan fingerprint density at radius 1 is 1.40 bits per heavy atom. The summed E-state index contributed by atoms with van der Waals surface area (Å²) in [4.78, 5) is 20.3. The summed E-state index contributed by atoms with van der Waals surface area (Å²) in [5.74, 6) is 0.988. The number of nitrogens with two attached hydrogens (primary N) is 1. The maximum absolute atomic E-state index is 12.1. The molecule has 0 radical (unpaired) electrons. The number of hydrogen-bond acceptors (Lipinski definition) is 5. The molecule has 2 aromatic rings. The number of nitrogens with one attached hydrogen (secondary N) is 1. The summed E-state index contributed by atoms with van der Waals surface area (Å²) in [5, 5.41) is 2.78. The summed E-state index contributed by atoms with van der Waals surface area (Å²) in [5.41, 5.74) is 7.40. The molecule has 1 heterocycles. The van der Waals surface area contributed by atoms with Gasteiger partial charge >= 0.3 is 0 Å². The van der Waals surface area contributed by atoms with E-state index in [1.54, 1.807) is 37.4 Å². The van der Waals surface area contributed by atoms with Crippen LogP contribution in [0, 0.1) is 6.92 Å². The average molecular weight is 272 g/mol. The highest BCUT2D eigenvalue weighted by atomic mass is 16.5. The number of rotatable bonds is 4. The average Bonchev–Trinajstić information content (AvgIpc) is 2.44. The molecule has 6 heteroatoms. The highest BCUT2D eigenvalue weighted by Gasteiger charge is 2.08. The zero-order chi connectivity index (χ0) is 14.5. The summed E-state index contributed by atoms with van der Waals surface area (Å²) < 4.78 is 5.08. The molecule has 1 aromatic heterocycles. The van der Waals surface area contributed by atoms with Crippen LogP contribution in [0.4, 0.5) is 5.69 Å². The van der Waals surface area contributed by atoms with E-state index in [0.29, 0.717) is 29.4 Å². The molecule has 0 aliphatic rings. The third-order valence-corrected chi connectivity index (χ3v) is 2.69. The van der Waals surface area contributed by atoms with Gasteiger partial charge in [-0.1, -0.05) is 0 Å². The van der Waals surface area contributed by atoms with Crippen molar-refractivity contribution in [1.82, 2.24) is 15.3 Å². The van der Waals surface area contributed by atoms with Crippen molar-refractivity contribution in [3.05, 3.63) is 47.5 Å². The van der Waals surface area contributed by atoms with E-state index in [-0.39, 0.29) is 5.91 Å². The minimum absolute atomic E-state index is 0.230. The SMILES string of the molecule is COc1cc(N)cc(C(=O)NCc2ccnc(C)n2)c1. The molecule has 1 aromatic carbocycles. The van der Waals surface area contributed by atoms with E-state index in [4.69, 9.17) is 10.5 Å². The molecule has 0 spiro atoms. The van der Waals surface area contributed by atoms with E-state index in [1.165, 1.54) is 7.11 Å². The van der Waals surface area contributed by atoms with Gasteiger partial charge in [-0.25, -0.2) is 9.97 Å². The number of aromatic nitrogens is 2. The number of aryl methyl sites for hydroxylation is 1. The fourth-order valence-corrected chi connectivity index (χ4v) is 1.75. The zero-order valence-corrected chi connectivity index (χ0v) is 11.4. The van der Waals surface area contributed by atoms with E-state index in [9.17, 15) is 4.79 Å². The fraction of sp³-hybridized carbons (Fsp3) is 0.214. The van der Waals surface area contributed by atoms with Crippen LogP contribution in [0.15, 0.2) is 30.5 Å². The van der Waals surface area contributed by atoms with Crippen LogP contribution >= 0.6 is 0 Å². The Hall–Kier alpha value is -2.63. The number of nitrogen functional groups attached to an aromatic ring is 1. The number of hydrogen-bond donors (Lipinski definition) is 2. The number of carbonyl (C=O) groups is 1. The van der Waals surface area contributed by atoms with E-state index in [1.807, 2.05) is 0 Å². The highest BCUT2D eigenvalue weighted by Crippen LogP contribution is 2.18. The van der Waals surface area contributed by atoms with E-state index >= 15 is 0 Å². The normalized spacial score (nSPS) is 10.1.